The van der Waals surface area contributed by atoms with E-state index in [9.17, 15) is 13.2 Å². The van der Waals surface area contributed by atoms with Gasteiger partial charge in [-0.2, -0.15) is 13.4 Å². The molecule has 0 saturated heterocycles. The van der Waals surface area contributed by atoms with E-state index in [1.165, 1.54) is 18.2 Å². The molecule has 2 rings (SSSR count). The van der Waals surface area contributed by atoms with Crippen LogP contribution in [0.25, 0.3) is 0 Å². The van der Waals surface area contributed by atoms with E-state index in [1.54, 1.807) is 0 Å². The number of aliphatic imine (C=N–C) groups is 1. The van der Waals surface area contributed by atoms with Crippen molar-refractivity contribution in [2.45, 2.75) is 18.2 Å². The lowest BCUT2D eigenvalue weighted by atomic mass is 10.2. The van der Waals surface area contributed by atoms with E-state index in [-0.39, 0.29) is 10.7 Å². The first kappa shape index (κ1) is 14.7. The van der Waals surface area contributed by atoms with Crippen molar-refractivity contribution >= 4 is 38.0 Å². The molecule has 1 aliphatic heterocycles. The Kier molecular flexibility index (Phi) is 4.21. The first-order valence-electron chi connectivity index (χ1n) is 5.56. The van der Waals surface area contributed by atoms with Crippen LogP contribution in [-0.2, 0) is 10.1 Å². The first-order chi connectivity index (χ1) is 9.41. The molecule has 1 aliphatic rings. The minimum atomic E-state index is -4.48. The number of amides is 1. The summed E-state index contributed by atoms with van der Waals surface area (Å²) >= 11 is 1.15. The van der Waals surface area contributed by atoms with Crippen LogP contribution >= 0.6 is 11.8 Å². The number of carbonyl (C=O) groups is 1. The minimum Gasteiger partial charge on any atom is -0.282 e. The number of hydrogen-bond acceptors (Lipinski definition) is 5. The van der Waals surface area contributed by atoms with Crippen molar-refractivity contribution in [2.24, 2.45) is 10.1 Å². The van der Waals surface area contributed by atoms with E-state index in [0.29, 0.717) is 6.42 Å². The molecule has 1 aromatic rings. The average molecular weight is 312 g/mol. The highest BCUT2D eigenvalue weighted by Crippen LogP contribution is 2.19. The van der Waals surface area contributed by atoms with Crippen molar-refractivity contribution in [3.05, 3.63) is 29.8 Å². The van der Waals surface area contributed by atoms with Crippen LogP contribution in [0.5, 0.6) is 0 Å². The molecule has 0 spiro atoms. The molecule has 0 saturated carbocycles. The number of amidine groups is 1. The highest BCUT2D eigenvalue weighted by molar-refractivity contribution is 8.26. The Morgan fingerprint density at radius 3 is 2.70 bits per heavy atom. The molecule has 0 aromatic heterocycles. The molecule has 0 unspecified atom stereocenters. The van der Waals surface area contributed by atoms with Crippen molar-refractivity contribution in [1.82, 2.24) is 5.43 Å². The van der Waals surface area contributed by atoms with Crippen LogP contribution in [-0.4, -0.2) is 29.1 Å². The van der Waals surface area contributed by atoms with Crippen molar-refractivity contribution in [2.75, 3.05) is 0 Å². The van der Waals surface area contributed by atoms with E-state index >= 15 is 0 Å². The van der Waals surface area contributed by atoms with Gasteiger partial charge in [0, 0.05) is 0 Å². The van der Waals surface area contributed by atoms with E-state index in [0.717, 1.165) is 22.9 Å². The second-order valence-corrected chi connectivity index (χ2v) is 6.15. The third-order valence-electron chi connectivity index (χ3n) is 2.35. The monoisotopic (exact) mass is 312 g/mol. The van der Waals surface area contributed by atoms with Crippen LogP contribution in [0.2, 0.25) is 0 Å². The summed E-state index contributed by atoms with van der Waals surface area (Å²) in [5, 5.41) is 4.68. The number of thioether (sulfide) groups is 1. The molecule has 0 fully saturated rings. The Morgan fingerprint density at radius 2 is 2.10 bits per heavy atom. The van der Waals surface area contributed by atoms with Gasteiger partial charge in [0.05, 0.1) is 5.56 Å². The predicted molar refractivity (Wildman–Crippen MR) is 75.5 cm³/mol. The van der Waals surface area contributed by atoms with Gasteiger partial charge < -0.3 is 0 Å². The van der Waals surface area contributed by atoms with Crippen molar-refractivity contribution in [1.29, 1.82) is 0 Å². The molecule has 1 heterocycles. The summed E-state index contributed by atoms with van der Waals surface area (Å²) in [6, 6.07) is 5.29. The Morgan fingerprint density at radius 1 is 1.40 bits per heavy atom. The summed E-state index contributed by atoms with van der Waals surface area (Å²) in [6.45, 7) is 1.89. The second-order valence-electron chi connectivity index (χ2n) is 3.72. The summed E-state index contributed by atoms with van der Waals surface area (Å²) in [4.78, 5) is 15.2. The number of benzene rings is 1. The van der Waals surface area contributed by atoms with Gasteiger partial charge >= 0.3 is 0 Å². The second kappa shape index (κ2) is 5.73. The molecule has 1 aromatic carbocycles. The Labute approximate surface area is 119 Å². The maximum Gasteiger partial charge on any atom is 0.295 e. The fourth-order valence-corrected chi connectivity index (χ4v) is 2.78. The van der Waals surface area contributed by atoms with Crippen molar-refractivity contribution in [3.63, 3.8) is 0 Å². The molecule has 0 aliphatic carbocycles. The smallest absolute Gasteiger partial charge is 0.282 e. The van der Waals surface area contributed by atoms with E-state index in [2.05, 4.69) is 15.5 Å². The van der Waals surface area contributed by atoms with Crippen LogP contribution in [0.1, 0.15) is 23.7 Å². The van der Waals surface area contributed by atoms with Crippen LogP contribution in [0.4, 0.5) is 0 Å². The zero-order valence-electron chi connectivity index (χ0n) is 10.3. The molecular weight excluding hydrogens is 302 g/mol. The molecule has 105 valence electrons. The zero-order valence-corrected chi connectivity index (χ0v) is 12.0. The fraction of sp³-hybridized carbons (Fsp3) is 0.182. The summed E-state index contributed by atoms with van der Waals surface area (Å²) in [5.74, 6) is -0.794. The van der Waals surface area contributed by atoms with E-state index in [1.807, 2.05) is 6.92 Å². The highest BCUT2D eigenvalue weighted by Gasteiger charge is 2.22. The largest absolute Gasteiger partial charge is 0.295 e. The van der Waals surface area contributed by atoms with E-state index in [4.69, 9.17) is 4.55 Å². The van der Waals surface area contributed by atoms with Crippen molar-refractivity contribution in [3.8, 4) is 0 Å². The lowest BCUT2D eigenvalue weighted by molar-refractivity contribution is 0.0999. The SMILES string of the molecule is CCC1=N[N]C(=NC(=O)c2ccccc2S(=O)(=O)O)S1. The lowest BCUT2D eigenvalue weighted by Crippen LogP contribution is -2.10. The molecule has 0 bridgehead atoms. The molecule has 20 heavy (non-hydrogen) atoms. The molecule has 1 N–H and O–H groups in total. The van der Waals surface area contributed by atoms with Gasteiger partial charge in [0.2, 0.25) is 5.17 Å². The van der Waals surface area contributed by atoms with Gasteiger partial charge in [0.1, 0.15) is 9.94 Å². The topological polar surface area (TPSA) is 110 Å². The zero-order chi connectivity index (χ0) is 14.8. The van der Waals surface area contributed by atoms with E-state index < -0.39 is 20.9 Å². The normalized spacial score (nSPS) is 16.9. The van der Waals surface area contributed by atoms with Crippen LogP contribution in [0.3, 0.4) is 0 Å². The summed E-state index contributed by atoms with van der Waals surface area (Å²) in [5.41, 5.74) is 3.51. The minimum absolute atomic E-state index is 0.150. The standard InChI is InChI=1S/C11H10N3O4S2/c1-2-9-13-14-11(19-9)12-10(15)7-5-3-4-6-8(7)20(16,17)18/h3-6H,2H2,1H3,(H,16,17,18). The number of hydrogen-bond donors (Lipinski definition) is 1. The third-order valence-corrected chi connectivity index (χ3v) is 4.22. The van der Waals surface area contributed by atoms with Gasteiger partial charge in [-0.15, -0.1) is 10.5 Å². The average Bonchev–Trinajstić information content (AvgIpc) is 2.85. The maximum atomic E-state index is 12.0. The molecule has 0 atom stereocenters. The third kappa shape index (κ3) is 3.24. The van der Waals surface area contributed by atoms with Crippen LogP contribution < -0.4 is 5.43 Å². The van der Waals surface area contributed by atoms with Gasteiger partial charge in [0.15, 0.2) is 0 Å². The molecule has 7 nitrogen and oxygen atoms in total. The highest BCUT2D eigenvalue weighted by atomic mass is 32.2. The van der Waals surface area contributed by atoms with Gasteiger partial charge in [-0.05, 0) is 30.3 Å². The molecule has 1 radical (unpaired) electrons. The summed E-state index contributed by atoms with van der Waals surface area (Å²) in [6.07, 6.45) is 0.670. The van der Waals surface area contributed by atoms with Gasteiger partial charge in [0.25, 0.3) is 16.0 Å². The summed E-state index contributed by atoms with van der Waals surface area (Å²) < 4.78 is 31.5. The van der Waals surface area contributed by atoms with Crippen molar-refractivity contribution < 1.29 is 17.8 Å². The Bertz CT molecular complexity index is 710. The van der Waals surface area contributed by atoms with Crippen LogP contribution in [0, 0.1) is 0 Å². The Hall–Kier alpha value is -1.71. The number of rotatable bonds is 3. The number of carbonyl (C=O) groups excluding carboxylic acids is 1. The molecular formula is C11H10N3O4S2. The Balaban J connectivity index is 2.30. The van der Waals surface area contributed by atoms with Gasteiger partial charge in [-0.1, -0.05) is 19.1 Å². The van der Waals surface area contributed by atoms with Gasteiger partial charge in [-0.3, -0.25) is 9.35 Å². The van der Waals surface area contributed by atoms with Crippen LogP contribution in [0.15, 0.2) is 39.3 Å². The molecule has 1 amide bonds. The maximum absolute atomic E-state index is 12.0. The predicted octanol–water partition coefficient (Wildman–Crippen LogP) is 1.50. The lowest BCUT2D eigenvalue weighted by Gasteiger charge is -2.02. The summed E-state index contributed by atoms with van der Waals surface area (Å²) in [7, 11) is -4.48. The van der Waals surface area contributed by atoms with Gasteiger partial charge in [-0.25, -0.2) is 0 Å². The quantitative estimate of drug-likeness (QED) is 0.850. The number of nitrogens with zero attached hydrogens (tertiary/aromatic N) is 3. The fourth-order valence-electron chi connectivity index (χ4n) is 1.45. The first-order valence-corrected chi connectivity index (χ1v) is 7.82. The molecule has 9 heteroatoms.